The number of rotatable bonds is 2. The van der Waals surface area contributed by atoms with Gasteiger partial charge in [-0.2, -0.15) is 0 Å². The highest BCUT2D eigenvalue weighted by Gasteiger charge is 2.25. The summed E-state index contributed by atoms with van der Waals surface area (Å²) in [5, 5.41) is 5.51. The van der Waals surface area contributed by atoms with E-state index in [-0.39, 0.29) is 0 Å². The molecule has 0 fully saturated rings. The molecule has 0 saturated carbocycles. The highest BCUT2D eigenvalue weighted by atomic mass is 15.1. The molecule has 0 amide bonds. The Morgan fingerprint density at radius 1 is 0.500 bits per heavy atom. The molecule has 9 aromatic rings. The summed E-state index contributed by atoms with van der Waals surface area (Å²) in [4.78, 5) is 19.3. The number of hydrogen-bond donors (Lipinski definition) is 0. The van der Waals surface area contributed by atoms with Crippen molar-refractivity contribution in [1.82, 2.24) is 29.1 Å². The Morgan fingerprint density at radius 3 is 1.98 bits per heavy atom. The molecule has 0 N–H and O–H groups in total. The summed E-state index contributed by atoms with van der Waals surface area (Å²) in [5.74, 6) is 0.768. The maximum atomic E-state index is 5.12. The molecule has 6 nitrogen and oxygen atoms in total. The molecule has 186 valence electrons. The summed E-state index contributed by atoms with van der Waals surface area (Å²) < 4.78 is 4.62. The minimum Gasteiger partial charge on any atom is -0.307 e. The Labute approximate surface area is 227 Å². The molecule has 0 bridgehead atoms. The van der Waals surface area contributed by atoms with Gasteiger partial charge in [-0.3, -0.25) is 9.55 Å². The van der Waals surface area contributed by atoms with Crippen LogP contribution in [0, 0.1) is 0 Å². The van der Waals surface area contributed by atoms with Crippen molar-refractivity contribution in [3.63, 3.8) is 0 Å². The van der Waals surface area contributed by atoms with Crippen LogP contribution in [0.3, 0.4) is 0 Å². The predicted octanol–water partition coefficient (Wildman–Crippen LogP) is 7.77. The second-order valence-corrected chi connectivity index (χ2v) is 9.99. The molecule has 5 aromatic carbocycles. The first-order valence-electron chi connectivity index (χ1n) is 13.2. The molecule has 0 aliphatic rings. The van der Waals surface area contributed by atoms with Gasteiger partial charge >= 0.3 is 0 Å². The first kappa shape index (κ1) is 21.3. The molecule has 0 spiro atoms. The molecule has 0 radical (unpaired) electrons. The zero-order valence-corrected chi connectivity index (χ0v) is 21.2. The maximum absolute atomic E-state index is 5.12. The molecule has 4 aromatic heterocycles. The van der Waals surface area contributed by atoms with Gasteiger partial charge in [0.05, 0.1) is 44.8 Å². The van der Waals surface area contributed by atoms with Crippen molar-refractivity contribution in [3.8, 4) is 11.5 Å². The largest absolute Gasteiger partial charge is 0.307 e. The maximum Gasteiger partial charge on any atom is 0.156 e. The molecule has 40 heavy (non-hydrogen) atoms. The lowest BCUT2D eigenvalue weighted by atomic mass is 10.0. The average molecular weight is 513 g/mol. The summed E-state index contributed by atoms with van der Waals surface area (Å²) in [5.41, 5.74) is 8.07. The van der Waals surface area contributed by atoms with E-state index in [9.17, 15) is 0 Å². The van der Waals surface area contributed by atoms with Crippen LogP contribution in [0.15, 0.2) is 122 Å². The van der Waals surface area contributed by atoms with Crippen LogP contribution in [0.4, 0.5) is 0 Å². The van der Waals surface area contributed by atoms with Crippen molar-refractivity contribution in [2.45, 2.75) is 0 Å². The van der Waals surface area contributed by atoms with Gasteiger partial charge in [0.25, 0.3) is 0 Å². The van der Waals surface area contributed by atoms with Crippen molar-refractivity contribution in [2.75, 3.05) is 0 Å². The van der Waals surface area contributed by atoms with Gasteiger partial charge in [-0.1, -0.05) is 66.7 Å². The first-order chi connectivity index (χ1) is 19.9. The molecule has 0 unspecified atom stereocenters. The highest BCUT2D eigenvalue weighted by Crippen LogP contribution is 2.45. The lowest BCUT2D eigenvalue weighted by Crippen LogP contribution is -2.02. The Hall–Kier alpha value is -5.62. The van der Waals surface area contributed by atoms with Crippen LogP contribution in [0.1, 0.15) is 0 Å². The molecule has 0 atom stereocenters. The lowest BCUT2D eigenvalue weighted by molar-refractivity contribution is 1.07. The fourth-order valence-corrected chi connectivity index (χ4v) is 6.29. The summed E-state index contributed by atoms with van der Waals surface area (Å²) in [6.07, 6.45) is 5.47. The van der Waals surface area contributed by atoms with Gasteiger partial charge in [-0.25, -0.2) is 15.0 Å². The monoisotopic (exact) mass is 512 g/mol. The normalized spacial score (nSPS) is 12.0. The zero-order valence-electron chi connectivity index (χ0n) is 21.2. The Balaban J connectivity index is 1.63. The van der Waals surface area contributed by atoms with Crippen molar-refractivity contribution in [1.29, 1.82) is 0 Å². The van der Waals surface area contributed by atoms with E-state index in [1.165, 1.54) is 0 Å². The number of aromatic nitrogens is 6. The first-order valence-corrected chi connectivity index (χ1v) is 13.2. The summed E-state index contributed by atoms with van der Waals surface area (Å²) in [7, 11) is 0. The topological polar surface area (TPSA) is 61.4 Å². The molecule has 6 heteroatoms. The van der Waals surface area contributed by atoms with Gasteiger partial charge in [0.1, 0.15) is 6.33 Å². The van der Waals surface area contributed by atoms with E-state index < -0.39 is 0 Å². The smallest absolute Gasteiger partial charge is 0.156 e. The number of nitrogens with zero attached hydrogens (tertiary/aromatic N) is 6. The van der Waals surface area contributed by atoms with E-state index >= 15 is 0 Å². The van der Waals surface area contributed by atoms with E-state index in [0.29, 0.717) is 0 Å². The molecular weight excluding hydrogens is 492 g/mol. The molecular formula is C34H20N6. The Bertz CT molecular complexity index is 2440. The third-order valence-corrected chi connectivity index (χ3v) is 7.87. The average Bonchev–Trinajstić information content (AvgIpc) is 3.55. The molecule has 0 aliphatic heterocycles. The van der Waals surface area contributed by atoms with Gasteiger partial charge in [0.2, 0.25) is 0 Å². The van der Waals surface area contributed by atoms with E-state index in [1.807, 2.05) is 36.7 Å². The van der Waals surface area contributed by atoms with Crippen LogP contribution in [0.5, 0.6) is 0 Å². The molecule has 0 aliphatic carbocycles. The van der Waals surface area contributed by atoms with Crippen LogP contribution in [0.25, 0.3) is 77.1 Å². The second kappa shape index (κ2) is 7.94. The van der Waals surface area contributed by atoms with Crippen LogP contribution in [0.2, 0.25) is 0 Å². The van der Waals surface area contributed by atoms with Gasteiger partial charge < -0.3 is 4.57 Å². The minimum atomic E-state index is 0.768. The summed E-state index contributed by atoms with van der Waals surface area (Å²) in [6, 6.07) is 35.6. The fourth-order valence-electron chi connectivity index (χ4n) is 6.29. The highest BCUT2D eigenvalue weighted by molar-refractivity contribution is 6.35. The number of benzene rings is 5. The fraction of sp³-hybridized carbons (Fsp3) is 0. The summed E-state index contributed by atoms with van der Waals surface area (Å²) in [6.45, 7) is 0. The SMILES string of the molecule is c1ccc(-n2c3ccccc3c3c4cncnc4c4c5ccccc5n(-c5cnc6ccccc6n5)c4c32)cc1. The predicted molar refractivity (Wildman–Crippen MR) is 161 cm³/mol. The zero-order chi connectivity index (χ0) is 26.2. The Kier molecular flexibility index (Phi) is 4.24. The third kappa shape index (κ3) is 2.77. The number of para-hydroxylation sites is 5. The van der Waals surface area contributed by atoms with Gasteiger partial charge in [0.15, 0.2) is 5.82 Å². The molecule has 9 rings (SSSR count). The van der Waals surface area contributed by atoms with Gasteiger partial charge in [0, 0.05) is 38.8 Å². The second-order valence-electron chi connectivity index (χ2n) is 9.99. The quantitative estimate of drug-likeness (QED) is 0.237. The Morgan fingerprint density at radius 2 is 1.15 bits per heavy atom. The standard InChI is InChI=1S/C34H20N6/c1-2-10-21(11-3-1)39-27-16-8-4-12-22(27)30-24-18-35-20-37-32(24)31-23-13-5-9-17-28(23)40(34(31)33(30)39)29-19-36-25-14-6-7-15-26(25)38-29/h1-20H. The summed E-state index contributed by atoms with van der Waals surface area (Å²) >= 11 is 0. The van der Waals surface area contributed by atoms with Crippen LogP contribution in [-0.4, -0.2) is 29.1 Å². The van der Waals surface area contributed by atoms with E-state index in [2.05, 4.69) is 93.0 Å². The third-order valence-electron chi connectivity index (χ3n) is 7.87. The van der Waals surface area contributed by atoms with Crippen molar-refractivity contribution < 1.29 is 0 Å². The number of hydrogen-bond acceptors (Lipinski definition) is 4. The van der Waals surface area contributed by atoms with Crippen LogP contribution < -0.4 is 0 Å². The van der Waals surface area contributed by atoms with Gasteiger partial charge in [-0.15, -0.1) is 0 Å². The molecule has 4 heterocycles. The minimum absolute atomic E-state index is 0.768. The van der Waals surface area contributed by atoms with Gasteiger partial charge in [-0.05, 0) is 36.4 Å². The van der Waals surface area contributed by atoms with Crippen molar-refractivity contribution in [3.05, 3.63) is 122 Å². The van der Waals surface area contributed by atoms with Crippen LogP contribution >= 0.6 is 0 Å². The lowest BCUT2D eigenvalue weighted by Gasteiger charge is -2.13. The van der Waals surface area contributed by atoms with E-state index in [0.717, 1.165) is 77.1 Å². The number of fused-ring (bicyclic) bond motifs is 11. The van der Waals surface area contributed by atoms with E-state index in [1.54, 1.807) is 6.33 Å². The van der Waals surface area contributed by atoms with Crippen molar-refractivity contribution >= 4 is 65.5 Å². The van der Waals surface area contributed by atoms with Crippen molar-refractivity contribution in [2.24, 2.45) is 0 Å². The van der Waals surface area contributed by atoms with E-state index in [4.69, 9.17) is 15.0 Å². The molecule has 0 saturated heterocycles. The van der Waals surface area contributed by atoms with Crippen LogP contribution in [-0.2, 0) is 0 Å².